The largest absolute Gasteiger partial charge is 0.497 e. The van der Waals surface area contributed by atoms with Crippen LogP contribution in [0.5, 0.6) is 5.75 Å². The minimum atomic E-state index is -0.431. The Morgan fingerprint density at radius 1 is 0.667 bits per heavy atom. The number of ether oxygens (including phenoxy) is 1. The highest BCUT2D eigenvalue weighted by atomic mass is 16.5. The van der Waals surface area contributed by atoms with Crippen molar-refractivity contribution in [3.05, 3.63) is 84.4 Å². The summed E-state index contributed by atoms with van der Waals surface area (Å²) in [6.45, 7) is 0.505. The molecule has 0 spiro atoms. The maximum absolute atomic E-state index is 12.1. The average molecular weight is 447 g/mol. The van der Waals surface area contributed by atoms with Gasteiger partial charge in [-0.3, -0.25) is 4.79 Å². The Morgan fingerprint density at radius 2 is 1.24 bits per heavy atom. The van der Waals surface area contributed by atoms with Crippen LogP contribution in [0.3, 0.4) is 0 Å². The zero-order valence-electron chi connectivity index (χ0n) is 18.1. The highest BCUT2D eigenvalue weighted by Gasteiger charge is 2.07. The Bertz CT molecular complexity index is 1090. The number of nitrogens with one attached hydrogen (secondary N) is 5. The Morgan fingerprint density at radius 3 is 1.91 bits per heavy atom. The van der Waals surface area contributed by atoms with Crippen LogP contribution in [0, 0.1) is 0 Å². The van der Waals surface area contributed by atoms with Gasteiger partial charge >= 0.3 is 12.1 Å². The van der Waals surface area contributed by atoms with Crippen LogP contribution in [0.4, 0.5) is 26.7 Å². The normalized spacial score (nSPS) is 9.97. The van der Waals surface area contributed by atoms with Crippen molar-refractivity contribution in [1.82, 2.24) is 10.6 Å². The minimum absolute atomic E-state index is 0.241. The van der Waals surface area contributed by atoms with Crippen LogP contribution in [0.2, 0.25) is 0 Å². The third-order valence-electron chi connectivity index (χ3n) is 4.46. The first-order chi connectivity index (χ1) is 16.0. The maximum Gasteiger partial charge on any atom is 0.323 e. The van der Waals surface area contributed by atoms with Crippen LogP contribution in [0.15, 0.2) is 78.9 Å². The molecule has 3 rings (SSSR count). The van der Waals surface area contributed by atoms with Crippen LogP contribution in [0.25, 0.3) is 0 Å². The van der Waals surface area contributed by atoms with Gasteiger partial charge < -0.3 is 31.3 Å². The monoisotopic (exact) mass is 447 g/mol. The predicted molar refractivity (Wildman–Crippen MR) is 128 cm³/mol. The van der Waals surface area contributed by atoms with Gasteiger partial charge in [0.05, 0.1) is 7.11 Å². The molecule has 0 bridgehead atoms. The number of urea groups is 2. The van der Waals surface area contributed by atoms with E-state index in [1.54, 1.807) is 67.8 Å². The number of hydrogen-bond acceptors (Lipinski definition) is 4. The van der Waals surface area contributed by atoms with Crippen molar-refractivity contribution in [2.45, 2.75) is 0 Å². The second-order valence-corrected chi connectivity index (χ2v) is 6.89. The summed E-state index contributed by atoms with van der Waals surface area (Å²) in [5, 5.41) is 13.5. The summed E-state index contributed by atoms with van der Waals surface area (Å²) < 4.78 is 5.06. The van der Waals surface area contributed by atoms with E-state index in [9.17, 15) is 14.4 Å². The van der Waals surface area contributed by atoms with E-state index in [-0.39, 0.29) is 19.0 Å². The quantitative estimate of drug-likeness (QED) is 0.336. The number of rotatable bonds is 8. The second-order valence-electron chi connectivity index (χ2n) is 6.89. The van der Waals surface area contributed by atoms with Gasteiger partial charge in [0.1, 0.15) is 5.75 Å². The first-order valence-electron chi connectivity index (χ1n) is 10.2. The molecule has 9 heteroatoms. The van der Waals surface area contributed by atoms with Crippen LogP contribution < -0.4 is 31.3 Å². The highest BCUT2D eigenvalue weighted by Crippen LogP contribution is 2.16. The Labute approximate surface area is 191 Å². The van der Waals surface area contributed by atoms with Gasteiger partial charge in [0.25, 0.3) is 5.91 Å². The van der Waals surface area contributed by atoms with Crippen molar-refractivity contribution in [2.24, 2.45) is 0 Å². The summed E-state index contributed by atoms with van der Waals surface area (Å²) in [6, 6.07) is 21.7. The molecule has 3 aromatic rings. The van der Waals surface area contributed by atoms with Gasteiger partial charge in [-0.05, 0) is 54.6 Å². The Balaban J connectivity index is 1.40. The molecule has 0 atom stereocenters. The Kier molecular flexibility index (Phi) is 8.24. The van der Waals surface area contributed by atoms with E-state index in [2.05, 4.69) is 26.6 Å². The van der Waals surface area contributed by atoms with Gasteiger partial charge in [0, 0.05) is 35.7 Å². The van der Waals surface area contributed by atoms with Gasteiger partial charge in [-0.2, -0.15) is 0 Å². The van der Waals surface area contributed by atoms with Crippen molar-refractivity contribution in [3.63, 3.8) is 0 Å². The standard InChI is InChI=1S/C24H25N5O4/c1-33-21-12-10-17(11-13-21)22(30)25-14-15-26-23(31)28-19-8-5-9-20(16-19)29-24(32)27-18-6-3-2-4-7-18/h2-13,16H,14-15H2,1H3,(H,25,30)(H2,26,28,31)(H2,27,29,32). The number of amides is 5. The molecule has 170 valence electrons. The first-order valence-corrected chi connectivity index (χ1v) is 10.2. The van der Waals surface area contributed by atoms with Crippen molar-refractivity contribution in [3.8, 4) is 5.75 Å². The molecule has 0 aromatic heterocycles. The lowest BCUT2D eigenvalue weighted by Gasteiger charge is -2.11. The maximum atomic E-state index is 12.1. The van der Waals surface area contributed by atoms with Gasteiger partial charge in [-0.25, -0.2) is 9.59 Å². The number of hydrogen-bond donors (Lipinski definition) is 5. The molecule has 3 aromatic carbocycles. The van der Waals surface area contributed by atoms with Crippen LogP contribution >= 0.6 is 0 Å². The lowest BCUT2D eigenvalue weighted by Crippen LogP contribution is -2.36. The summed E-state index contributed by atoms with van der Waals surface area (Å²) >= 11 is 0. The minimum Gasteiger partial charge on any atom is -0.497 e. The third-order valence-corrected chi connectivity index (χ3v) is 4.46. The molecule has 0 fully saturated rings. The molecule has 5 N–H and O–H groups in total. The lowest BCUT2D eigenvalue weighted by atomic mass is 10.2. The molecule has 0 aliphatic rings. The van der Waals surface area contributed by atoms with Crippen LogP contribution in [0.1, 0.15) is 10.4 Å². The van der Waals surface area contributed by atoms with Gasteiger partial charge in [-0.1, -0.05) is 24.3 Å². The SMILES string of the molecule is COc1ccc(C(=O)NCCNC(=O)Nc2cccc(NC(=O)Nc3ccccc3)c2)cc1. The summed E-state index contributed by atoms with van der Waals surface area (Å²) in [5.74, 6) is 0.424. The van der Waals surface area contributed by atoms with Crippen molar-refractivity contribution < 1.29 is 19.1 Å². The molecule has 9 nitrogen and oxygen atoms in total. The molecule has 0 aliphatic heterocycles. The van der Waals surface area contributed by atoms with E-state index in [0.717, 1.165) is 0 Å². The summed E-state index contributed by atoms with van der Waals surface area (Å²) in [6.07, 6.45) is 0. The zero-order chi connectivity index (χ0) is 23.5. The molecule has 0 aliphatic carbocycles. The van der Waals surface area contributed by atoms with E-state index in [0.29, 0.717) is 28.4 Å². The Hall–Kier alpha value is -4.53. The summed E-state index contributed by atoms with van der Waals surface area (Å²) in [5.41, 5.74) is 2.20. The number of anilines is 3. The molecule has 33 heavy (non-hydrogen) atoms. The van der Waals surface area contributed by atoms with Crippen molar-refractivity contribution in [1.29, 1.82) is 0 Å². The zero-order valence-corrected chi connectivity index (χ0v) is 18.1. The number of carbonyl (C=O) groups excluding carboxylic acids is 3. The van der Waals surface area contributed by atoms with Crippen LogP contribution in [-0.4, -0.2) is 38.2 Å². The fraction of sp³-hybridized carbons (Fsp3) is 0.125. The average Bonchev–Trinajstić information content (AvgIpc) is 2.82. The van der Waals surface area contributed by atoms with Crippen LogP contribution in [-0.2, 0) is 0 Å². The van der Waals surface area contributed by atoms with E-state index in [1.165, 1.54) is 0 Å². The third kappa shape index (κ3) is 7.59. The molecule has 0 saturated carbocycles. The molecular formula is C24H25N5O4. The molecule has 0 unspecified atom stereocenters. The predicted octanol–water partition coefficient (Wildman–Crippen LogP) is 3.89. The highest BCUT2D eigenvalue weighted by molar-refractivity contribution is 6.00. The number of methoxy groups -OCH3 is 1. The number of para-hydroxylation sites is 1. The molecule has 0 heterocycles. The van der Waals surface area contributed by atoms with E-state index in [4.69, 9.17) is 4.74 Å². The molecule has 0 radical (unpaired) electrons. The topological polar surface area (TPSA) is 121 Å². The lowest BCUT2D eigenvalue weighted by molar-refractivity contribution is 0.0954. The number of benzene rings is 3. The van der Waals surface area contributed by atoms with Gasteiger partial charge in [-0.15, -0.1) is 0 Å². The van der Waals surface area contributed by atoms with E-state index >= 15 is 0 Å². The first kappa shape index (κ1) is 23.1. The molecule has 5 amide bonds. The fourth-order valence-electron chi connectivity index (χ4n) is 2.86. The van der Waals surface area contributed by atoms with Crippen molar-refractivity contribution >= 4 is 35.0 Å². The molecule has 0 saturated heterocycles. The molecular weight excluding hydrogens is 422 g/mol. The smallest absolute Gasteiger partial charge is 0.323 e. The van der Waals surface area contributed by atoms with Gasteiger partial charge in [0.15, 0.2) is 0 Å². The number of carbonyl (C=O) groups is 3. The summed E-state index contributed by atoms with van der Waals surface area (Å²) in [4.78, 5) is 36.3. The van der Waals surface area contributed by atoms with E-state index in [1.807, 2.05) is 18.2 Å². The second kappa shape index (κ2) is 11.8. The fourth-order valence-corrected chi connectivity index (χ4v) is 2.86. The van der Waals surface area contributed by atoms with E-state index < -0.39 is 12.1 Å². The van der Waals surface area contributed by atoms with Gasteiger partial charge in [0.2, 0.25) is 0 Å². The summed E-state index contributed by atoms with van der Waals surface area (Å²) in [7, 11) is 1.56. The van der Waals surface area contributed by atoms with Crippen molar-refractivity contribution in [2.75, 3.05) is 36.1 Å².